The van der Waals surface area contributed by atoms with Gasteiger partial charge in [0.15, 0.2) is 0 Å². The van der Waals surface area contributed by atoms with Crippen molar-refractivity contribution in [1.29, 1.82) is 0 Å². The van der Waals surface area contributed by atoms with Crippen LogP contribution in [0.25, 0.3) is 0 Å². The van der Waals surface area contributed by atoms with Gasteiger partial charge in [-0.05, 0) is 43.7 Å². The van der Waals surface area contributed by atoms with Gasteiger partial charge in [0, 0.05) is 12.2 Å². The van der Waals surface area contributed by atoms with Crippen molar-refractivity contribution in [2.24, 2.45) is 5.92 Å². The van der Waals surface area contributed by atoms with E-state index in [4.69, 9.17) is 5.11 Å². The molecule has 0 bridgehead atoms. The Kier molecular flexibility index (Phi) is 3.94. The number of amides is 1. The van der Waals surface area contributed by atoms with E-state index in [9.17, 15) is 9.59 Å². The van der Waals surface area contributed by atoms with Crippen LogP contribution in [-0.4, -0.2) is 30.1 Å². The van der Waals surface area contributed by atoms with Crippen molar-refractivity contribution in [2.75, 3.05) is 18.4 Å². The number of anilines is 1. The third-order valence-corrected chi connectivity index (χ3v) is 3.07. The van der Waals surface area contributed by atoms with Gasteiger partial charge in [-0.15, -0.1) is 0 Å². The van der Waals surface area contributed by atoms with Gasteiger partial charge in [0.2, 0.25) is 5.91 Å². The number of benzene rings is 1. The highest BCUT2D eigenvalue weighted by Crippen LogP contribution is 2.15. The average molecular weight is 248 g/mol. The molecule has 0 saturated carbocycles. The summed E-state index contributed by atoms with van der Waals surface area (Å²) in [5.74, 6) is -0.979. The summed E-state index contributed by atoms with van der Waals surface area (Å²) in [5, 5.41) is 14.8. The molecule has 5 nitrogen and oxygen atoms in total. The van der Waals surface area contributed by atoms with Crippen LogP contribution in [0.4, 0.5) is 5.69 Å². The molecule has 3 N–H and O–H groups in total. The topological polar surface area (TPSA) is 78.4 Å². The fourth-order valence-electron chi connectivity index (χ4n) is 2.02. The van der Waals surface area contributed by atoms with Crippen molar-refractivity contribution in [2.45, 2.75) is 12.8 Å². The molecule has 18 heavy (non-hydrogen) atoms. The minimum atomic E-state index is -0.968. The largest absolute Gasteiger partial charge is 0.478 e. The Morgan fingerprint density at radius 3 is 2.56 bits per heavy atom. The molecule has 1 aromatic rings. The van der Waals surface area contributed by atoms with E-state index in [-0.39, 0.29) is 17.4 Å². The summed E-state index contributed by atoms with van der Waals surface area (Å²) in [4.78, 5) is 22.6. The van der Waals surface area contributed by atoms with Gasteiger partial charge in [-0.1, -0.05) is 0 Å². The van der Waals surface area contributed by atoms with E-state index in [0.717, 1.165) is 19.4 Å². The number of aromatic carboxylic acids is 1. The highest BCUT2D eigenvalue weighted by atomic mass is 16.4. The zero-order valence-electron chi connectivity index (χ0n) is 9.98. The van der Waals surface area contributed by atoms with Crippen LogP contribution in [0.5, 0.6) is 0 Å². The first-order valence-corrected chi connectivity index (χ1v) is 6.02. The Morgan fingerprint density at radius 2 is 2.00 bits per heavy atom. The van der Waals surface area contributed by atoms with Crippen molar-refractivity contribution in [1.82, 2.24) is 5.32 Å². The summed E-state index contributed by atoms with van der Waals surface area (Å²) in [6, 6.07) is 6.18. The number of hydrogen-bond acceptors (Lipinski definition) is 3. The number of rotatable bonds is 3. The minimum absolute atomic E-state index is 0.00194. The maximum atomic E-state index is 11.9. The Balaban J connectivity index is 1.96. The van der Waals surface area contributed by atoms with E-state index in [2.05, 4.69) is 10.6 Å². The van der Waals surface area contributed by atoms with Crippen LogP contribution in [0.1, 0.15) is 23.2 Å². The monoisotopic (exact) mass is 248 g/mol. The van der Waals surface area contributed by atoms with Gasteiger partial charge in [-0.3, -0.25) is 4.79 Å². The second-order valence-corrected chi connectivity index (χ2v) is 4.42. The molecule has 2 rings (SSSR count). The van der Waals surface area contributed by atoms with E-state index < -0.39 is 5.97 Å². The van der Waals surface area contributed by atoms with Gasteiger partial charge in [0.05, 0.1) is 11.5 Å². The fourth-order valence-corrected chi connectivity index (χ4v) is 2.02. The Hall–Kier alpha value is -1.88. The maximum absolute atomic E-state index is 11.9. The van der Waals surface area contributed by atoms with Crippen LogP contribution in [0, 0.1) is 5.92 Å². The zero-order chi connectivity index (χ0) is 13.0. The van der Waals surface area contributed by atoms with Gasteiger partial charge in [-0.25, -0.2) is 4.79 Å². The molecule has 1 fully saturated rings. The number of nitrogens with one attached hydrogen (secondary N) is 2. The smallest absolute Gasteiger partial charge is 0.335 e. The van der Waals surface area contributed by atoms with E-state index >= 15 is 0 Å². The predicted molar refractivity (Wildman–Crippen MR) is 67.6 cm³/mol. The van der Waals surface area contributed by atoms with E-state index in [1.54, 1.807) is 12.1 Å². The molecule has 5 heteroatoms. The quantitative estimate of drug-likeness (QED) is 0.754. The molecule has 1 aliphatic heterocycles. The molecule has 0 aromatic heterocycles. The summed E-state index contributed by atoms with van der Waals surface area (Å²) in [6.07, 6.45) is 1.90. The number of carbonyl (C=O) groups is 2. The van der Waals surface area contributed by atoms with Crippen molar-refractivity contribution in [3.63, 3.8) is 0 Å². The van der Waals surface area contributed by atoms with E-state index in [1.807, 2.05) is 0 Å². The van der Waals surface area contributed by atoms with E-state index in [1.165, 1.54) is 12.1 Å². The van der Waals surface area contributed by atoms with Crippen LogP contribution in [0.15, 0.2) is 24.3 Å². The molecule has 96 valence electrons. The van der Waals surface area contributed by atoms with Crippen LogP contribution in [-0.2, 0) is 4.79 Å². The Morgan fingerprint density at radius 1 is 1.28 bits per heavy atom. The van der Waals surface area contributed by atoms with Crippen molar-refractivity contribution in [3.05, 3.63) is 29.8 Å². The normalized spacial score (nSPS) is 19.2. The van der Waals surface area contributed by atoms with Gasteiger partial charge < -0.3 is 15.7 Å². The lowest BCUT2D eigenvalue weighted by molar-refractivity contribution is -0.120. The van der Waals surface area contributed by atoms with Crippen LogP contribution >= 0.6 is 0 Å². The second kappa shape index (κ2) is 5.64. The molecule has 0 unspecified atom stereocenters. The lowest BCUT2D eigenvalue weighted by Gasteiger charge is -2.21. The number of carboxylic acids is 1. The molecule has 1 saturated heterocycles. The third-order valence-electron chi connectivity index (χ3n) is 3.07. The highest BCUT2D eigenvalue weighted by Gasteiger charge is 2.20. The standard InChI is InChI=1S/C13H16N2O3/c16-12(10-2-1-7-14-8-10)15-11-5-3-9(4-6-11)13(17)18/h3-6,10,14H,1-2,7-8H2,(H,15,16)(H,17,18)/t10-/m1/s1. The molecule has 1 amide bonds. The molecule has 1 heterocycles. The van der Waals surface area contributed by atoms with Crippen molar-refractivity contribution >= 4 is 17.6 Å². The highest BCUT2D eigenvalue weighted by molar-refractivity contribution is 5.93. The summed E-state index contributed by atoms with van der Waals surface area (Å²) in [5.41, 5.74) is 0.850. The summed E-state index contributed by atoms with van der Waals surface area (Å²) in [7, 11) is 0. The lowest BCUT2D eigenvalue weighted by atomic mass is 9.99. The fraction of sp³-hybridized carbons (Fsp3) is 0.385. The Bertz CT molecular complexity index is 436. The summed E-state index contributed by atoms with van der Waals surface area (Å²) < 4.78 is 0. The van der Waals surface area contributed by atoms with Crippen molar-refractivity contribution < 1.29 is 14.7 Å². The lowest BCUT2D eigenvalue weighted by Crippen LogP contribution is -2.37. The maximum Gasteiger partial charge on any atom is 0.335 e. The number of carboxylic acid groups (broad SMARTS) is 1. The molecular formula is C13H16N2O3. The number of carbonyl (C=O) groups excluding carboxylic acids is 1. The van der Waals surface area contributed by atoms with E-state index in [0.29, 0.717) is 12.2 Å². The number of piperidine rings is 1. The average Bonchev–Trinajstić information content (AvgIpc) is 2.40. The molecular weight excluding hydrogens is 232 g/mol. The minimum Gasteiger partial charge on any atom is -0.478 e. The SMILES string of the molecule is O=C(O)c1ccc(NC(=O)[C@@H]2CCCNC2)cc1. The van der Waals surface area contributed by atoms with Gasteiger partial charge in [-0.2, -0.15) is 0 Å². The molecule has 0 radical (unpaired) electrons. The molecule has 1 aliphatic rings. The first-order chi connectivity index (χ1) is 8.66. The summed E-state index contributed by atoms with van der Waals surface area (Å²) >= 11 is 0. The molecule has 0 spiro atoms. The Labute approximate surface area is 105 Å². The van der Waals surface area contributed by atoms with Gasteiger partial charge >= 0.3 is 5.97 Å². The molecule has 1 atom stereocenters. The third kappa shape index (κ3) is 3.07. The summed E-state index contributed by atoms with van der Waals surface area (Å²) in [6.45, 7) is 1.68. The van der Waals surface area contributed by atoms with Gasteiger partial charge in [0.1, 0.15) is 0 Å². The predicted octanol–water partition coefficient (Wildman–Crippen LogP) is 1.32. The zero-order valence-corrected chi connectivity index (χ0v) is 9.98. The van der Waals surface area contributed by atoms with Crippen molar-refractivity contribution in [3.8, 4) is 0 Å². The second-order valence-electron chi connectivity index (χ2n) is 4.42. The molecule has 1 aromatic carbocycles. The first-order valence-electron chi connectivity index (χ1n) is 6.02. The van der Waals surface area contributed by atoms with Gasteiger partial charge in [0.25, 0.3) is 0 Å². The van der Waals surface area contributed by atoms with Crippen LogP contribution < -0.4 is 10.6 Å². The molecule has 0 aliphatic carbocycles. The van der Waals surface area contributed by atoms with Crippen LogP contribution in [0.3, 0.4) is 0 Å². The van der Waals surface area contributed by atoms with Crippen LogP contribution in [0.2, 0.25) is 0 Å². The number of hydrogen-bond donors (Lipinski definition) is 3. The first kappa shape index (κ1) is 12.6.